The number of ether oxygens (including phenoxy) is 3. The molecule has 22 heteroatoms. The molecule has 0 spiro atoms. The van der Waals surface area contributed by atoms with Crippen LogP contribution in [0.25, 0.3) is 10.9 Å². The molecule has 0 aromatic carbocycles. The van der Waals surface area contributed by atoms with E-state index in [4.69, 9.17) is 19.2 Å². The number of fused-ring (bicyclic) bond motifs is 1. The Morgan fingerprint density at radius 1 is 1.04 bits per heavy atom. The lowest BCUT2D eigenvalue weighted by atomic mass is 9.93. The molecule has 4 aromatic rings. The van der Waals surface area contributed by atoms with Gasteiger partial charge in [0, 0.05) is 43.8 Å². The minimum atomic E-state index is -4.78. The van der Waals surface area contributed by atoms with Crippen LogP contribution in [0.15, 0.2) is 41.8 Å². The number of imidazole rings is 1. The van der Waals surface area contributed by atoms with Crippen LogP contribution in [-0.2, 0) is 32.7 Å². The third-order valence-corrected chi connectivity index (χ3v) is 11.1. The van der Waals surface area contributed by atoms with Crippen molar-refractivity contribution in [3.05, 3.63) is 58.3 Å². The molecular formula is C34H41F3N10O8S. The van der Waals surface area contributed by atoms with Gasteiger partial charge in [-0.15, -0.1) is 0 Å². The third kappa shape index (κ3) is 8.85. The summed E-state index contributed by atoms with van der Waals surface area (Å²) in [4.78, 5) is 46.8. The Balaban J connectivity index is 1.31. The Morgan fingerprint density at radius 3 is 2.29 bits per heavy atom. The number of anilines is 2. The number of nitrogens with zero attached hydrogens (tertiary/aromatic N) is 9. The standard InChI is InChI=1S/C34H41F3N10O8S/c1-20(27-19-41-31(44(27)5)47(49)50)46(32(48)55-33(2,3)4)56(51,52)24-14-25-26(38-18-24)15-28(45-10-12-53-13-11-45)43-29(25)54-23-8-6-22(7-9-23)42-30-39-16-21(17-40-30)34(35,36)37/h14-20,22-23H,6-13H2,1-5H3,(H,39,40,42). The molecule has 2 fully saturated rings. The van der Waals surface area contributed by atoms with Crippen molar-refractivity contribution in [1.82, 2.24) is 33.8 Å². The number of morpholine rings is 1. The van der Waals surface area contributed by atoms with Gasteiger partial charge in [0.2, 0.25) is 11.8 Å². The highest BCUT2D eigenvalue weighted by Crippen LogP contribution is 2.36. The van der Waals surface area contributed by atoms with Crippen LogP contribution in [0.4, 0.5) is 35.7 Å². The molecule has 6 rings (SSSR count). The van der Waals surface area contributed by atoms with Crippen LogP contribution >= 0.6 is 0 Å². The largest absolute Gasteiger partial charge is 0.474 e. The molecule has 1 aliphatic carbocycles. The van der Waals surface area contributed by atoms with Crippen molar-refractivity contribution in [3.8, 4) is 5.88 Å². The summed E-state index contributed by atoms with van der Waals surface area (Å²) in [7, 11) is -3.44. The number of nitro groups is 1. The van der Waals surface area contributed by atoms with Crippen LogP contribution in [0.2, 0.25) is 0 Å². The lowest BCUT2D eigenvalue weighted by molar-refractivity contribution is -0.396. The molecule has 302 valence electrons. The molecule has 1 unspecified atom stereocenters. The fourth-order valence-electron chi connectivity index (χ4n) is 6.44. The zero-order valence-electron chi connectivity index (χ0n) is 31.2. The second-order valence-electron chi connectivity index (χ2n) is 14.4. The number of pyridine rings is 2. The first-order valence-corrected chi connectivity index (χ1v) is 19.1. The number of aromatic nitrogens is 6. The van der Waals surface area contributed by atoms with E-state index in [9.17, 15) is 36.5 Å². The number of alkyl halides is 3. The first kappa shape index (κ1) is 40.3. The molecule has 0 radical (unpaired) electrons. The summed E-state index contributed by atoms with van der Waals surface area (Å²) in [5.74, 6) is 0.164. The number of rotatable bonds is 10. The average Bonchev–Trinajstić information content (AvgIpc) is 3.53. The highest BCUT2D eigenvalue weighted by atomic mass is 32.2. The monoisotopic (exact) mass is 806 g/mol. The van der Waals surface area contributed by atoms with Crippen molar-refractivity contribution in [2.45, 2.75) is 88.2 Å². The highest BCUT2D eigenvalue weighted by molar-refractivity contribution is 7.89. The highest BCUT2D eigenvalue weighted by Gasteiger charge is 2.41. The van der Waals surface area contributed by atoms with Gasteiger partial charge in [0.1, 0.15) is 40.4 Å². The van der Waals surface area contributed by atoms with Crippen molar-refractivity contribution in [2.24, 2.45) is 7.05 Å². The Bertz CT molecular complexity index is 2180. The summed E-state index contributed by atoms with van der Waals surface area (Å²) >= 11 is 0. The lowest BCUT2D eigenvalue weighted by Crippen LogP contribution is -2.42. The van der Waals surface area contributed by atoms with Gasteiger partial charge in [-0.3, -0.25) is 4.98 Å². The molecule has 1 amide bonds. The molecule has 1 saturated heterocycles. The summed E-state index contributed by atoms with van der Waals surface area (Å²) in [6, 6.07) is 1.56. The van der Waals surface area contributed by atoms with Gasteiger partial charge in [0.15, 0.2) is 0 Å². The molecule has 1 atom stereocenters. The summed E-state index contributed by atoms with van der Waals surface area (Å²) in [5.41, 5.74) is -1.64. The number of hydrogen-bond donors (Lipinski definition) is 1. The van der Waals surface area contributed by atoms with Gasteiger partial charge in [-0.25, -0.2) is 27.7 Å². The first-order valence-electron chi connectivity index (χ1n) is 17.7. The van der Waals surface area contributed by atoms with E-state index in [2.05, 4.69) is 25.3 Å². The van der Waals surface area contributed by atoms with Gasteiger partial charge < -0.3 is 34.5 Å². The molecule has 1 aliphatic heterocycles. The van der Waals surface area contributed by atoms with Gasteiger partial charge in [-0.1, -0.05) is 4.98 Å². The summed E-state index contributed by atoms with van der Waals surface area (Å²) in [6.07, 6.45) is -0.330. The zero-order chi connectivity index (χ0) is 40.6. The number of halogens is 3. The van der Waals surface area contributed by atoms with E-state index in [0.717, 1.165) is 29.4 Å². The number of sulfonamides is 1. The summed E-state index contributed by atoms with van der Waals surface area (Å²) in [6.45, 7) is 8.12. The third-order valence-electron chi connectivity index (χ3n) is 9.28. The van der Waals surface area contributed by atoms with Crippen LogP contribution in [0, 0.1) is 10.1 Å². The Labute approximate surface area is 319 Å². The van der Waals surface area contributed by atoms with E-state index in [-0.39, 0.29) is 35.1 Å². The number of carbonyl (C=O) groups is 1. The molecule has 4 aromatic heterocycles. The Hall–Kier alpha value is -5.38. The number of hydrogen-bond acceptors (Lipinski definition) is 15. The van der Waals surface area contributed by atoms with Crippen LogP contribution in [0.1, 0.15) is 70.7 Å². The van der Waals surface area contributed by atoms with Crippen LogP contribution < -0.4 is 15.0 Å². The van der Waals surface area contributed by atoms with E-state index in [0.29, 0.717) is 67.6 Å². The normalized spacial score (nSPS) is 18.7. The van der Waals surface area contributed by atoms with Gasteiger partial charge in [-0.05, 0) is 64.4 Å². The van der Waals surface area contributed by atoms with Gasteiger partial charge in [0.05, 0.1) is 36.7 Å². The molecular weight excluding hydrogens is 765 g/mol. The number of carbonyl (C=O) groups excluding carboxylic acids is 1. The smallest absolute Gasteiger partial charge is 0.434 e. The Kier molecular flexibility index (Phi) is 11.2. The maximum Gasteiger partial charge on any atom is 0.434 e. The molecule has 5 heterocycles. The molecule has 56 heavy (non-hydrogen) atoms. The second kappa shape index (κ2) is 15.6. The van der Waals surface area contributed by atoms with Gasteiger partial charge in [0.25, 0.3) is 10.0 Å². The number of nitrogens with one attached hydrogen (secondary N) is 1. The van der Waals surface area contributed by atoms with Crippen LogP contribution in [-0.4, -0.2) is 97.3 Å². The predicted octanol–water partition coefficient (Wildman–Crippen LogP) is 5.41. The minimum absolute atomic E-state index is 0.0516. The van der Waals surface area contributed by atoms with E-state index < -0.39 is 55.3 Å². The lowest BCUT2D eigenvalue weighted by Gasteiger charge is -2.31. The SMILES string of the molecule is CC(c1cnc([N+](=O)[O-])n1C)N(C(=O)OC(C)(C)C)S(=O)(=O)c1cnc2cc(N3CCOCC3)nc(OC3CCC(Nc4ncc(C(F)(F)F)cn4)CC3)c2c1. The quantitative estimate of drug-likeness (QED) is 0.157. The topological polar surface area (TPSA) is 210 Å². The molecule has 1 saturated carbocycles. The molecule has 1 N–H and O–H groups in total. The fraction of sp³-hybridized carbons (Fsp3) is 0.529. The zero-order valence-corrected chi connectivity index (χ0v) is 32.0. The van der Waals surface area contributed by atoms with Gasteiger partial charge in [-0.2, -0.15) is 22.5 Å². The maximum atomic E-state index is 14.5. The van der Waals surface area contributed by atoms with Crippen molar-refractivity contribution >= 4 is 44.7 Å². The van der Waals surface area contributed by atoms with Gasteiger partial charge >= 0.3 is 18.2 Å². The van der Waals surface area contributed by atoms with Crippen LogP contribution in [0.3, 0.4) is 0 Å². The fourth-order valence-corrected chi connectivity index (χ4v) is 7.87. The van der Waals surface area contributed by atoms with E-state index in [1.165, 1.54) is 20.0 Å². The first-order chi connectivity index (χ1) is 26.3. The maximum absolute atomic E-state index is 14.5. The summed E-state index contributed by atoms with van der Waals surface area (Å²) in [5, 5.41) is 14.9. The minimum Gasteiger partial charge on any atom is -0.474 e. The second-order valence-corrected chi connectivity index (χ2v) is 16.2. The van der Waals surface area contributed by atoms with E-state index in [1.54, 1.807) is 26.8 Å². The van der Waals surface area contributed by atoms with Crippen molar-refractivity contribution in [2.75, 3.05) is 36.5 Å². The molecule has 18 nitrogen and oxygen atoms in total. The Morgan fingerprint density at radius 2 is 1.70 bits per heavy atom. The number of amides is 1. The van der Waals surface area contributed by atoms with Crippen molar-refractivity contribution < 1.29 is 45.5 Å². The molecule has 0 bridgehead atoms. The molecule has 2 aliphatic rings. The van der Waals surface area contributed by atoms with E-state index in [1.807, 2.05) is 4.90 Å². The van der Waals surface area contributed by atoms with Crippen LogP contribution in [0.5, 0.6) is 5.88 Å². The summed E-state index contributed by atoms with van der Waals surface area (Å²) < 4.78 is 87.0. The van der Waals surface area contributed by atoms with Crippen molar-refractivity contribution in [1.29, 1.82) is 0 Å². The van der Waals surface area contributed by atoms with E-state index >= 15 is 0 Å². The average molecular weight is 807 g/mol. The predicted molar refractivity (Wildman–Crippen MR) is 193 cm³/mol. The van der Waals surface area contributed by atoms with Crippen molar-refractivity contribution in [3.63, 3.8) is 0 Å².